The van der Waals surface area contributed by atoms with Crippen LogP contribution in [-0.4, -0.2) is 65.7 Å². The Morgan fingerprint density at radius 3 is 1.05 bits per heavy atom. The molecule has 0 radical (unpaired) electrons. The van der Waals surface area contributed by atoms with E-state index in [1.807, 2.05) is 0 Å². The van der Waals surface area contributed by atoms with Gasteiger partial charge in [-0.05, 0) is 12.8 Å². The SMILES string of the molecule is CCCCCCCCCCCCCCCCCCCCCCCC(=O)OC[C@@H](COP(=O)(O)OC[C@H](O)CO)OC(=O)CCCCCCCCCCCCCCCCC. The van der Waals surface area contributed by atoms with Gasteiger partial charge in [-0.25, -0.2) is 4.57 Å². The van der Waals surface area contributed by atoms with Crippen LogP contribution >= 0.6 is 7.82 Å². The second-order valence-corrected chi connectivity index (χ2v) is 18.7. The van der Waals surface area contributed by atoms with Crippen molar-refractivity contribution in [3.05, 3.63) is 0 Å². The van der Waals surface area contributed by atoms with Crippen LogP contribution in [-0.2, 0) is 32.7 Å². The first-order valence-corrected chi connectivity index (χ1v) is 26.5. The van der Waals surface area contributed by atoms with Gasteiger partial charge in [0, 0.05) is 12.8 Å². The third kappa shape index (κ3) is 44.8. The minimum Gasteiger partial charge on any atom is -0.462 e. The highest BCUT2D eigenvalue weighted by molar-refractivity contribution is 7.47. The molecule has 59 heavy (non-hydrogen) atoms. The number of phosphoric ester groups is 1. The topological polar surface area (TPSA) is 149 Å². The second-order valence-electron chi connectivity index (χ2n) is 17.2. The highest BCUT2D eigenvalue weighted by Gasteiger charge is 2.27. The summed E-state index contributed by atoms with van der Waals surface area (Å²) in [5, 5.41) is 18.4. The van der Waals surface area contributed by atoms with E-state index in [4.69, 9.17) is 23.6 Å². The summed E-state index contributed by atoms with van der Waals surface area (Å²) < 4.78 is 32.8. The molecule has 3 N–H and O–H groups in total. The van der Waals surface area contributed by atoms with Crippen LogP contribution < -0.4 is 0 Å². The van der Waals surface area contributed by atoms with E-state index in [0.717, 1.165) is 32.1 Å². The second kappa shape index (κ2) is 45.0. The Bertz CT molecular complexity index is 951. The lowest BCUT2D eigenvalue weighted by Crippen LogP contribution is -2.29. The van der Waals surface area contributed by atoms with Crippen molar-refractivity contribution in [2.24, 2.45) is 0 Å². The van der Waals surface area contributed by atoms with E-state index in [0.29, 0.717) is 12.8 Å². The van der Waals surface area contributed by atoms with Gasteiger partial charge in [0.2, 0.25) is 0 Å². The van der Waals surface area contributed by atoms with Crippen molar-refractivity contribution in [2.75, 3.05) is 26.4 Å². The maximum Gasteiger partial charge on any atom is 0.472 e. The molecule has 0 aromatic carbocycles. The van der Waals surface area contributed by atoms with Gasteiger partial charge in [0.25, 0.3) is 0 Å². The molecule has 0 aliphatic rings. The van der Waals surface area contributed by atoms with Crippen LogP contribution in [0.15, 0.2) is 0 Å². The summed E-state index contributed by atoms with van der Waals surface area (Å²) in [5.74, 6) is -0.904. The lowest BCUT2D eigenvalue weighted by Gasteiger charge is -2.20. The number of rotatable bonds is 48. The predicted octanol–water partition coefficient (Wildman–Crippen LogP) is 13.8. The van der Waals surface area contributed by atoms with Crippen LogP contribution in [0.2, 0.25) is 0 Å². The number of aliphatic hydroxyl groups is 2. The first kappa shape index (κ1) is 58.0. The highest BCUT2D eigenvalue weighted by Crippen LogP contribution is 2.43. The van der Waals surface area contributed by atoms with Gasteiger partial charge in [-0.1, -0.05) is 232 Å². The Kier molecular flexibility index (Phi) is 44.2. The van der Waals surface area contributed by atoms with Gasteiger partial charge in [0.1, 0.15) is 12.7 Å². The number of hydrogen-bond donors (Lipinski definition) is 3. The standard InChI is InChI=1S/C48H95O10P/c1-3-5-7-9-11-13-15-17-19-20-21-22-23-24-26-27-29-31-33-35-37-39-47(51)55-43-46(44-57-59(53,54)56-42-45(50)41-49)58-48(52)40-38-36-34-32-30-28-25-18-16-14-12-10-8-6-4-2/h45-46,49-50H,3-44H2,1-2H3,(H,53,54)/t45-,46+/m1/s1. The molecule has 0 aromatic rings. The molecule has 0 rings (SSSR count). The smallest absolute Gasteiger partial charge is 0.462 e. The van der Waals surface area contributed by atoms with E-state index in [9.17, 15) is 24.2 Å². The lowest BCUT2D eigenvalue weighted by atomic mass is 10.0. The van der Waals surface area contributed by atoms with E-state index in [-0.39, 0.29) is 19.4 Å². The molecule has 0 saturated heterocycles. The summed E-state index contributed by atoms with van der Waals surface area (Å²) in [5.41, 5.74) is 0. The molecule has 10 nitrogen and oxygen atoms in total. The molecule has 0 amide bonds. The normalized spacial score (nSPS) is 13.6. The maximum absolute atomic E-state index is 12.6. The number of carbonyl (C=O) groups excluding carboxylic acids is 2. The third-order valence-electron chi connectivity index (χ3n) is 11.3. The van der Waals surface area contributed by atoms with Gasteiger partial charge in [-0.2, -0.15) is 0 Å². The lowest BCUT2D eigenvalue weighted by molar-refractivity contribution is -0.161. The Morgan fingerprint density at radius 2 is 0.729 bits per heavy atom. The van der Waals surface area contributed by atoms with Gasteiger partial charge < -0.3 is 24.6 Å². The zero-order valence-electron chi connectivity index (χ0n) is 38.5. The molecule has 0 aromatic heterocycles. The van der Waals surface area contributed by atoms with Crippen LogP contribution in [0.25, 0.3) is 0 Å². The van der Waals surface area contributed by atoms with Crippen molar-refractivity contribution in [1.82, 2.24) is 0 Å². The summed E-state index contributed by atoms with van der Waals surface area (Å²) in [6, 6.07) is 0. The molecule has 0 saturated carbocycles. The summed E-state index contributed by atoms with van der Waals surface area (Å²) >= 11 is 0. The van der Waals surface area contributed by atoms with Crippen LogP contribution in [0.4, 0.5) is 0 Å². The number of hydrogen-bond acceptors (Lipinski definition) is 9. The first-order valence-electron chi connectivity index (χ1n) is 25.0. The number of phosphoric acid groups is 1. The van der Waals surface area contributed by atoms with Gasteiger partial charge in [0.15, 0.2) is 6.10 Å². The van der Waals surface area contributed by atoms with Crippen molar-refractivity contribution < 1.29 is 47.8 Å². The number of carbonyl (C=O) groups is 2. The Morgan fingerprint density at radius 1 is 0.441 bits per heavy atom. The molecule has 0 spiro atoms. The van der Waals surface area contributed by atoms with Crippen LogP contribution in [0.3, 0.4) is 0 Å². The summed E-state index contributed by atoms with van der Waals surface area (Å²) in [6.07, 6.45) is 43.6. The molecule has 0 bridgehead atoms. The van der Waals surface area contributed by atoms with E-state index in [1.54, 1.807) is 0 Å². The van der Waals surface area contributed by atoms with Gasteiger partial charge in [-0.15, -0.1) is 0 Å². The molecule has 0 fully saturated rings. The van der Waals surface area contributed by atoms with Crippen LogP contribution in [0.5, 0.6) is 0 Å². The molecule has 11 heteroatoms. The van der Waals surface area contributed by atoms with Crippen molar-refractivity contribution in [2.45, 2.75) is 270 Å². The summed E-state index contributed by atoms with van der Waals surface area (Å²) in [4.78, 5) is 35.1. The zero-order valence-corrected chi connectivity index (χ0v) is 39.4. The average molecular weight is 863 g/mol. The fraction of sp³-hybridized carbons (Fsp3) is 0.958. The number of aliphatic hydroxyl groups excluding tert-OH is 2. The monoisotopic (exact) mass is 863 g/mol. The maximum atomic E-state index is 12.6. The summed E-state index contributed by atoms with van der Waals surface area (Å²) in [7, 11) is -4.61. The van der Waals surface area contributed by atoms with Crippen molar-refractivity contribution in [1.29, 1.82) is 0 Å². The Labute approximate surface area is 363 Å². The molecular weight excluding hydrogens is 767 g/mol. The largest absolute Gasteiger partial charge is 0.472 e. The van der Waals surface area contributed by atoms with Crippen molar-refractivity contribution >= 4 is 19.8 Å². The Hall–Kier alpha value is -1.03. The number of ether oxygens (including phenoxy) is 2. The fourth-order valence-corrected chi connectivity index (χ4v) is 8.20. The van der Waals surface area contributed by atoms with E-state index in [2.05, 4.69) is 13.8 Å². The molecule has 0 aliphatic heterocycles. The highest BCUT2D eigenvalue weighted by atomic mass is 31.2. The first-order chi connectivity index (χ1) is 28.7. The van der Waals surface area contributed by atoms with Gasteiger partial charge >= 0.3 is 19.8 Å². The van der Waals surface area contributed by atoms with E-state index in [1.165, 1.54) is 186 Å². The zero-order chi connectivity index (χ0) is 43.3. The Balaban J connectivity index is 4.12. The quantitative estimate of drug-likeness (QED) is 0.0306. The molecule has 0 heterocycles. The van der Waals surface area contributed by atoms with Gasteiger partial charge in [-0.3, -0.25) is 18.6 Å². The molecule has 3 atom stereocenters. The molecular formula is C48H95O10P. The van der Waals surface area contributed by atoms with Crippen LogP contribution in [0.1, 0.15) is 258 Å². The van der Waals surface area contributed by atoms with Crippen molar-refractivity contribution in [3.8, 4) is 0 Å². The third-order valence-corrected chi connectivity index (χ3v) is 12.2. The minimum absolute atomic E-state index is 0.193. The minimum atomic E-state index is -4.61. The predicted molar refractivity (Wildman–Crippen MR) is 242 cm³/mol. The molecule has 0 aliphatic carbocycles. The average Bonchev–Trinajstić information content (AvgIpc) is 3.22. The molecule has 352 valence electrons. The van der Waals surface area contributed by atoms with E-state index < -0.39 is 51.8 Å². The van der Waals surface area contributed by atoms with Gasteiger partial charge in [0.05, 0.1) is 19.8 Å². The van der Waals surface area contributed by atoms with E-state index >= 15 is 0 Å². The fourth-order valence-electron chi connectivity index (χ4n) is 7.41. The van der Waals surface area contributed by atoms with Crippen molar-refractivity contribution in [3.63, 3.8) is 0 Å². The van der Waals surface area contributed by atoms with Crippen LogP contribution in [0, 0.1) is 0 Å². The summed E-state index contributed by atoms with van der Waals surface area (Å²) in [6.45, 7) is 2.45. The number of unbranched alkanes of at least 4 members (excludes halogenated alkanes) is 34. The number of esters is 2. The molecule has 1 unspecified atom stereocenters.